The van der Waals surface area contributed by atoms with Crippen molar-refractivity contribution in [1.82, 2.24) is 30.5 Å². The van der Waals surface area contributed by atoms with Crippen LogP contribution < -0.4 is 16.4 Å². The van der Waals surface area contributed by atoms with E-state index in [9.17, 15) is 24.5 Å². The number of aromatic nitrogens is 1. The van der Waals surface area contributed by atoms with Gasteiger partial charge in [0.2, 0.25) is 12.5 Å². The van der Waals surface area contributed by atoms with Crippen molar-refractivity contribution in [3.05, 3.63) is 118 Å². The maximum Gasteiger partial charge on any atom is 0.408 e. The number of guanidine groups is 1. The zero-order valence-electron chi connectivity index (χ0n) is 34.8. The third-order valence-corrected chi connectivity index (χ3v) is 9.67. The van der Waals surface area contributed by atoms with Crippen molar-refractivity contribution >= 4 is 34.9 Å². The van der Waals surface area contributed by atoms with Crippen molar-refractivity contribution in [3.63, 3.8) is 0 Å². The molecule has 6 N–H and O–H groups in total. The number of ether oxygens (including phenoxy) is 1. The average molecular weight is 812 g/mol. The fourth-order valence-electron chi connectivity index (χ4n) is 6.95. The van der Waals surface area contributed by atoms with Gasteiger partial charge in [-0.2, -0.15) is 5.01 Å². The highest BCUT2D eigenvalue weighted by atomic mass is 16.6. The monoisotopic (exact) mass is 811 g/mol. The molecule has 0 bridgehead atoms. The molecular formula is C44H61N9O6. The van der Waals surface area contributed by atoms with Gasteiger partial charge in [-0.15, -0.1) is 0 Å². The average Bonchev–Trinajstić information content (AvgIpc) is 3.59. The third-order valence-electron chi connectivity index (χ3n) is 9.67. The standard InChI is InChI=1S/C44H61N9O6/c1-5-6-7-16-25-50(31-34-21-12-9-13-22-34)32-36(29-35-30-47-38-24-15-14-23-37(35)38)48-42(55)53(41(45)46)51(26-17-18-27-52(57)58)40(54)39(28-33-19-10-8-11-20-33)49-43(56)59-44(2,3)4/h8-15,19-24,30,36,39,47H,5-7,16-18,25-29,31-32H2,1-4H3,(H3,45,46)(H,48,55)(H,49,56). The zero-order chi connectivity index (χ0) is 42.8. The number of unbranched alkanes of at least 4 members (excludes halogenated alkanes) is 4. The van der Waals surface area contributed by atoms with Gasteiger partial charge in [-0.05, 0) is 69.3 Å². The van der Waals surface area contributed by atoms with Crippen molar-refractivity contribution in [3.8, 4) is 0 Å². The second-order valence-electron chi connectivity index (χ2n) is 15.8. The van der Waals surface area contributed by atoms with Gasteiger partial charge in [0.05, 0.1) is 0 Å². The van der Waals surface area contributed by atoms with Gasteiger partial charge in [0.15, 0.2) is 0 Å². The minimum Gasteiger partial charge on any atom is -0.444 e. The van der Waals surface area contributed by atoms with Crippen LogP contribution in [0.15, 0.2) is 91.1 Å². The predicted molar refractivity (Wildman–Crippen MR) is 230 cm³/mol. The lowest BCUT2D eigenvalue weighted by Gasteiger charge is -2.37. The van der Waals surface area contributed by atoms with E-state index in [0.29, 0.717) is 25.1 Å². The Morgan fingerprint density at radius 2 is 1.51 bits per heavy atom. The summed E-state index contributed by atoms with van der Waals surface area (Å²) in [7, 11) is 0. The third kappa shape index (κ3) is 15.4. The van der Waals surface area contributed by atoms with Crippen LogP contribution >= 0.6 is 0 Å². The van der Waals surface area contributed by atoms with Crippen LogP contribution in [0.25, 0.3) is 10.9 Å². The van der Waals surface area contributed by atoms with Crippen LogP contribution in [0.4, 0.5) is 9.59 Å². The molecule has 2 atom stereocenters. The number of rotatable bonds is 21. The molecule has 0 fully saturated rings. The Hall–Kier alpha value is -5.96. The summed E-state index contributed by atoms with van der Waals surface area (Å²) in [4.78, 5) is 58.9. The van der Waals surface area contributed by atoms with Gasteiger partial charge in [0, 0.05) is 60.5 Å². The summed E-state index contributed by atoms with van der Waals surface area (Å²) >= 11 is 0. The lowest BCUT2D eigenvalue weighted by atomic mass is 10.0. The highest BCUT2D eigenvalue weighted by Gasteiger charge is 2.36. The van der Waals surface area contributed by atoms with Crippen LogP contribution in [0.1, 0.15) is 82.9 Å². The number of para-hydroxylation sites is 1. The van der Waals surface area contributed by atoms with E-state index in [2.05, 4.69) is 39.6 Å². The molecule has 4 rings (SSSR count). The highest BCUT2D eigenvalue weighted by Crippen LogP contribution is 2.21. The van der Waals surface area contributed by atoms with Gasteiger partial charge in [-0.3, -0.25) is 25.2 Å². The largest absolute Gasteiger partial charge is 0.444 e. The molecule has 0 aliphatic rings. The second-order valence-corrected chi connectivity index (χ2v) is 15.8. The Bertz CT molecular complexity index is 1950. The van der Waals surface area contributed by atoms with E-state index in [0.717, 1.165) is 64.3 Å². The summed E-state index contributed by atoms with van der Waals surface area (Å²) in [5, 5.41) is 28.5. The number of H-pyrrole nitrogens is 1. The number of nitrogens with two attached hydrogens (primary N) is 1. The van der Waals surface area contributed by atoms with Gasteiger partial charge >= 0.3 is 12.1 Å². The SMILES string of the molecule is CCCCCCN(Cc1ccccc1)CC(Cc1c[nH]c2ccccc12)NC(=O)N(C(=N)N)N(CCCC[N+](=O)[O-])C(=O)C(Cc1ccccc1)NC(=O)OC(C)(C)C. The first-order valence-electron chi connectivity index (χ1n) is 20.5. The fourth-order valence-corrected chi connectivity index (χ4v) is 6.95. The number of benzene rings is 3. The molecule has 0 saturated heterocycles. The highest BCUT2D eigenvalue weighted by molar-refractivity contribution is 5.97. The van der Waals surface area contributed by atoms with E-state index >= 15 is 0 Å². The van der Waals surface area contributed by atoms with Gasteiger partial charge in [-0.25, -0.2) is 14.6 Å². The number of hydrogen-bond acceptors (Lipinski definition) is 8. The fraction of sp³-hybridized carbons (Fsp3) is 0.455. The molecule has 2 unspecified atom stereocenters. The van der Waals surface area contributed by atoms with E-state index < -0.39 is 46.6 Å². The molecule has 4 aromatic rings. The number of nitrogens with zero attached hydrogens (tertiary/aromatic N) is 4. The number of aromatic amines is 1. The summed E-state index contributed by atoms with van der Waals surface area (Å²) in [6.45, 7) is 8.56. The number of hydrogen-bond donors (Lipinski definition) is 5. The topological polar surface area (TPSA) is 203 Å². The van der Waals surface area contributed by atoms with Crippen LogP contribution in [0.5, 0.6) is 0 Å². The van der Waals surface area contributed by atoms with Crippen LogP contribution in [-0.4, -0.2) is 92.7 Å². The Labute approximate surface area is 347 Å². The smallest absolute Gasteiger partial charge is 0.408 e. The molecule has 3 aromatic carbocycles. The van der Waals surface area contributed by atoms with Crippen molar-refractivity contribution in [2.24, 2.45) is 5.73 Å². The first-order chi connectivity index (χ1) is 28.2. The number of amides is 4. The molecule has 0 spiro atoms. The number of carbonyl (C=O) groups is 3. The zero-order valence-corrected chi connectivity index (χ0v) is 34.8. The van der Waals surface area contributed by atoms with E-state index in [1.165, 1.54) is 0 Å². The van der Waals surface area contributed by atoms with E-state index in [1.807, 2.05) is 54.7 Å². The Morgan fingerprint density at radius 1 is 0.864 bits per heavy atom. The van der Waals surface area contributed by atoms with Crippen LogP contribution in [0.2, 0.25) is 0 Å². The molecule has 15 nitrogen and oxygen atoms in total. The molecule has 1 aromatic heterocycles. The summed E-state index contributed by atoms with van der Waals surface area (Å²) in [5.41, 5.74) is 9.06. The summed E-state index contributed by atoms with van der Waals surface area (Å²) in [6, 6.07) is 24.4. The molecule has 318 valence electrons. The van der Waals surface area contributed by atoms with Crippen LogP contribution in [0.3, 0.4) is 0 Å². The lowest BCUT2D eigenvalue weighted by Crippen LogP contribution is -2.63. The second kappa shape index (κ2) is 22.8. The number of nitrogens with one attached hydrogen (secondary N) is 4. The molecule has 59 heavy (non-hydrogen) atoms. The normalized spacial score (nSPS) is 12.4. The van der Waals surface area contributed by atoms with Crippen molar-refractivity contribution < 1.29 is 24.0 Å². The van der Waals surface area contributed by atoms with Crippen LogP contribution in [0, 0.1) is 15.5 Å². The van der Waals surface area contributed by atoms with Crippen molar-refractivity contribution in [2.45, 2.75) is 103 Å². The molecule has 0 aliphatic heterocycles. The number of carbonyl (C=O) groups excluding carboxylic acids is 3. The summed E-state index contributed by atoms with van der Waals surface area (Å²) in [6.07, 6.45) is 5.94. The molecule has 4 amide bonds. The first-order valence-corrected chi connectivity index (χ1v) is 20.5. The number of alkyl carbamates (subject to hydrolysis) is 1. The Kier molecular flexibility index (Phi) is 17.7. The van der Waals surface area contributed by atoms with Gasteiger partial charge in [0.25, 0.3) is 5.91 Å². The minimum atomic E-state index is -1.26. The molecule has 1 heterocycles. The van der Waals surface area contributed by atoms with E-state index in [4.69, 9.17) is 15.9 Å². The van der Waals surface area contributed by atoms with Gasteiger partial charge < -0.3 is 26.1 Å². The lowest BCUT2D eigenvalue weighted by molar-refractivity contribution is -0.480. The molecule has 0 radical (unpaired) electrons. The van der Waals surface area contributed by atoms with Crippen LogP contribution in [-0.2, 0) is 28.9 Å². The Morgan fingerprint density at radius 3 is 2.15 bits per heavy atom. The summed E-state index contributed by atoms with van der Waals surface area (Å²) < 4.78 is 5.51. The minimum absolute atomic E-state index is 0.0212. The van der Waals surface area contributed by atoms with Crippen molar-refractivity contribution in [1.29, 1.82) is 5.41 Å². The molecule has 15 heteroatoms. The summed E-state index contributed by atoms with van der Waals surface area (Å²) in [5.74, 6) is -1.49. The number of nitro groups is 1. The number of fused-ring (bicyclic) bond motifs is 1. The van der Waals surface area contributed by atoms with E-state index in [1.54, 1.807) is 45.0 Å². The Balaban J connectivity index is 1.71. The quantitative estimate of drug-likeness (QED) is 0.0194. The number of urea groups is 1. The maximum absolute atomic E-state index is 14.7. The molecule has 0 saturated carbocycles. The molecule has 0 aliphatic carbocycles. The first kappa shape index (κ1) is 45.7. The number of hydrazine groups is 1. The predicted octanol–water partition coefficient (Wildman–Crippen LogP) is 7.00. The molecular weight excluding hydrogens is 751 g/mol. The van der Waals surface area contributed by atoms with E-state index in [-0.39, 0.29) is 32.4 Å². The van der Waals surface area contributed by atoms with Crippen molar-refractivity contribution in [2.75, 3.05) is 26.2 Å². The van der Waals surface area contributed by atoms with Gasteiger partial charge in [0.1, 0.15) is 11.6 Å². The maximum atomic E-state index is 14.7. The van der Waals surface area contributed by atoms with Gasteiger partial charge in [-0.1, -0.05) is 105 Å².